The van der Waals surface area contributed by atoms with Crippen molar-refractivity contribution in [2.45, 2.75) is 51.6 Å². The molecule has 106 valence electrons. The van der Waals surface area contributed by atoms with E-state index in [4.69, 9.17) is 0 Å². The third kappa shape index (κ3) is 3.63. The zero-order valence-electron chi connectivity index (χ0n) is 12.4. The number of nitrogens with zero attached hydrogens (tertiary/aromatic N) is 2. The summed E-state index contributed by atoms with van der Waals surface area (Å²) in [5, 5.41) is 4.18. The van der Waals surface area contributed by atoms with Crippen molar-refractivity contribution in [3.8, 4) is 0 Å². The highest BCUT2D eigenvalue weighted by Crippen LogP contribution is 2.30. The summed E-state index contributed by atoms with van der Waals surface area (Å²) in [5.74, 6) is 1.21. The van der Waals surface area contributed by atoms with Gasteiger partial charge in [-0.15, -0.1) is 0 Å². The summed E-state index contributed by atoms with van der Waals surface area (Å²) in [7, 11) is 0. The van der Waals surface area contributed by atoms with Crippen LogP contribution in [0.2, 0.25) is 0 Å². The highest BCUT2D eigenvalue weighted by molar-refractivity contribution is 8.00. The van der Waals surface area contributed by atoms with Crippen LogP contribution in [0, 0.1) is 0 Å². The molecule has 1 aliphatic rings. The molecule has 0 aliphatic carbocycles. The summed E-state index contributed by atoms with van der Waals surface area (Å²) in [5.41, 5.74) is 2.66. The molecular formula is C15H25N3S. The molecule has 1 aromatic heterocycles. The van der Waals surface area contributed by atoms with E-state index in [1.54, 1.807) is 0 Å². The van der Waals surface area contributed by atoms with E-state index in [-0.39, 0.29) is 0 Å². The Hall–Kier alpha value is -0.740. The Balaban J connectivity index is 2.18. The van der Waals surface area contributed by atoms with E-state index >= 15 is 0 Å². The van der Waals surface area contributed by atoms with E-state index in [0.29, 0.717) is 17.3 Å². The maximum absolute atomic E-state index is 4.29. The van der Waals surface area contributed by atoms with E-state index in [1.807, 2.05) is 12.4 Å². The Bertz CT molecular complexity index is 408. The van der Waals surface area contributed by atoms with E-state index < -0.39 is 0 Å². The van der Waals surface area contributed by atoms with Crippen molar-refractivity contribution in [2.75, 3.05) is 17.2 Å². The van der Waals surface area contributed by atoms with Gasteiger partial charge in [0.05, 0.1) is 0 Å². The van der Waals surface area contributed by atoms with Crippen LogP contribution in [-0.4, -0.2) is 34.6 Å². The lowest BCUT2D eigenvalue weighted by Crippen LogP contribution is -2.45. The number of rotatable bonds is 4. The van der Waals surface area contributed by atoms with Crippen LogP contribution >= 0.6 is 11.8 Å². The SMILES string of the molecule is CC(C)NCc1cnccc1N1CCSC(C)C1C. The molecule has 1 aliphatic heterocycles. The standard InChI is InChI=1S/C15H25N3S/c1-11(2)17-10-14-9-16-6-5-15(14)18-7-8-19-13(4)12(18)3/h5-6,9,11-13,17H,7-8,10H2,1-4H3. The molecule has 2 rings (SSSR count). The van der Waals surface area contributed by atoms with E-state index in [2.05, 4.69) is 60.7 Å². The molecule has 2 atom stereocenters. The first-order chi connectivity index (χ1) is 9.09. The summed E-state index contributed by atoms with van der Waals surface area (Å²) in [6.07, 6.45) is 3.91. The van der Waals surface area contributed by atoms with Crippen LogP contribution in [0.1, 0.15) is 33.3 Å². The molecule has 0 radical (unpaired) electrons. The maximum Gasteiger partial charge on any atom is 0.0445 e. The molecule has 1 fully saturated rings. The molecule has 2 unspecified atom stereocenters. The van der Waals surface area contributed by atoms with Gasteiger partial charge in [-0.25, -0.2) is 0 Å². The van der Waals surface area contributed by atoms with Crippen LogP contribution in [0.5, 0.6) is 0 Å². The van der Waals surface area contributed by atoms with Gasteiger partial charge in [0.25, 0.3) is 0 Å². The van der Waals surface area contributed by atoms with Gasteiger partial charge in [0, 0.05) is 59.8 Å². The van der Waals surface area contributed by atoms with E-state index in [1.165, 1.54) is 17.0 Å². The molecule has 1 aromatic rings. The first kappa shape index (κ1) is 14.7. The fourth-order valence-corrected chi connectivity index (χ4v) is 3.52. The van der Waals surface area contributed by atoms with Crippen LogP contribution in [-0.2, 0) is 6.54 Å². The fraction of sp³-hybridized carbons (Fsp3) is 0.667. The average molecular weight is 279 g/mol. The summed E-state index contributed by atoms with van der Waals surface area (Å²) in [6, 6.07) is 3.25. The Kier molecular flexibility index (Phi) is 5.11. The van der Waals surface area contributed by atoms with Gasteiger partial charge >= 0.3 is 0 Å². The monoisotopic (exact) mass is 279 g/mol. The van der Waals surface area contributed by atoms with Gasteiger partial charge in [-0.3, -0.25) is 4.98 Å². The minimum Gasteiger partial charge on any atom is -0.367 e. The molecule has 1 N–H and O–H groups in total. The number of hydrogen-bond acceptors (Lipinski definition) is 4. The van der Waals surface area contributed by atoms with Crippen molar-refractivity contribution in [3.05, 3.63) is 24.0 Å². The van der Waals surface area contributed by atoms with Crippen LogP contribution in [0.25, 0.3) is 0 Å². The maximum atomic E-state index is 4.29. The molecule has 0 aromatic carbocycles. The summed E-state index contributed by atoms with van der Waals surface area (Å²) < 4.78 is 0. The molecule has 0 spiro atoms. The lowest BCUT2D eigenvalue weighted by molar-refractivity contribution is 0.580. The molecule has 0 amide bonds. The smallest absolute Gasteiger partial charge is 0.0445 e. The van der Waals surface area contributed by atoms with Gasteiger partial charge in [0.1, 0.15) is 0 Å². The van der Waals surface area contributed by atoms with Gasteiger partial charge < -0.3 is 10.2 Å². The summed E-state index contributed by atoms with van der Waals surface area (Å²) in [4.78, 5) is 6.83. The Morgan fingerprint density at radius 1 is 1.47 bits per heavy atom. The van der Waals surface area contributed by atoms with Crippen LogP contribution in [0.15, 0.2) is 18.5 Å². The lowest BCUT2D eigenvalue weighted by atomic mass is 10.1. The minimum absolute atomic E-state index is 0.501. The number of thioether (sulfide) groups is 1. The van der Waals surface area contributed by atoms with Crippen molar-refractivity contribution in [2.24, 2.45) is 0 Å². The fourth-order valence-electron chi connectivity index (χ4n) is 2.42. The zero-order chi connectivity index (χ0) is 13.8. The highest BCUT2D eigenvalue weighted by Gasteiger charge is 2.26. The third-order valence-electron chi connectivity index (χ3n) is 3.77. The number of hydrogen-bond donors (Lipinski definition) is 1. The van der Waals surface area contributed by atoms with Gasteiger partial charge in [0.15, 0.2) is 0 Å². The second kappa shape index (κ2) is 6.62. The lowest BCUT2D eigenvalue weighted by Gasteiger charge is -2.40. The number of nitrogens with one attached hydrogen (secondary N) is 1. The van der Waals surface area contributed by atoms with Crippen LogP contribution < -0.4 is 10.2 Å². The largest absolute Gasteiger partial charge is 0.367 e. The summed E-state index contributed by atoms with van der Waals surface area (Å²) >= 11 is 2.08. The normalized spacial score (nSPS) is 23.9. The molecule has 1 saturated heterocycles. The zero-order valence-corrected chi connectivity index (χ0v) is 13.2. The molecule has 2 heterocycles. The number of aromatic nitrogens is 1. The van der Waals surface area contributed by atoms with Crippen molar-refractivity contribution >= 4 is 17.4 Å². The predicted octanol–water partition coefficient (Wildman–Crippen LogP) is 2.91. The third-order valence-corrected chi connectivity index (χ3v) is 5.11. The Labute approximate surface area is 121 Å². The van der Waals surface area contributed by atoms with Gasteiger partial charge in [-0.2, -0.15) is 11.8 Å². The number of pyridine rings is 1. The van der Waals surface area contributed by atoms with Crippen molar-refractivity contribution in [1.29, 1.82) is 0 Å². The Morgan fingerprint density at radius 2 is 2.26 bits per heavy atom. The van der Waals surface area contributed by atoms with Crippen molar-refractivity contribution in [3.63, 3.8) is 0 Å². The van der Waals surface area contributed by atoms with Gasteiger partial charge in [-0.1, -0.05) is 20.8 Å². The van der Waals surface area contributed by atoms with Crippen LogP contribution in [0.3, 0.4) is 0 Å². The first-order valence-electron chi connectivity index (χ1n) is 7.14. The predicted molar refractivity (Wildman–Crippen MR) is 84.9 cm³/mol. The highest BCUT2D eigenvalue weighted by atomic mass is 32.2. The van der Waals surface area contributed by atoms with E-state index in [0.717, 1.165) is 13.1 Å². The molecule has 0 saturated carbocycles. The van der Waals surface area contributed by atoms with Crippen molar-refractivity contribution in [1.82, 2.24) is 10.3 Å². The van der Waals surface area contributed by atoms with Crippen LogP contribution in [0.4, 0.5) is 5.69 Å². The minimum atomic E-state index is 0.501. The average Bonchev–Trinajstić information content (AvgIpc) is 2.40. The molecule has 19 heavy (non-hydrogen) atoms. The molecule has 4 heteroatoms. The summed E-state index contributed by atoms with van der Waals surface area (Å²) in [6.45, 7) is 11.0. The van der Waals surface area contributed by atoms with Crippen molar-refractivity contribution < 1.29 is 0 Å². The van der Waals surface area contributed by atoms with Gasteiger partial charge in [-0.05, 0) is 13.0 Å². The van der Waals surface area contributed by atoms with Gasteiger partial charge in [0.2, 0.25) is 0 Å². The molecular weight excluding hydrogens is 254 g/mol. The second-order valence-corrected chi connectivity index (χ2v) is 7.04. The second-order valence-electron chi connectivity index (χ2n) is 5.55. The topological polar surface area (TPSA) is 28.2 Å². The quantitative estimate of drug-likeness (QED) is 0.917. The first-order valence-corrected chi connectivity index (χ1v) is 8.19. The Morgan fingerprint density at radius 3 is 3.00 bits per heavy atom. The van der Waals surface area contributed by atoms with E-state index in [9.17, 15) is 0 Å². The molecule has 0 bridgehead atoms. The number of anilines is 1. The molecule has 3 nitrogen and oxygen atoms in total.